The van der Waals surface area contributed by atoms with Crippen molar-refractivity contribution in [3.8, 4) is 44.5 Å². The minimum Gasteiger partial charge on any atom is -0.0613 e. The predicted octanol–water partition coefficient (Wildman–Crippen LogP) is 12.8. The fourth-order valence-electron chi connectivity index (χ4n) is 7.75. The van der Waals surface area contributed by atoms with Crippen LogP contribution < -0.4 is 0 Å². The second-order valence-corrected chi connectivity index (χ2v) is 13.6. The van der Waals surface area contributed by atoms with Crippen molar-refractivity contribution in [2.24, 2.45) is 0 Å². The van der Waals surface area contributed by atoms with Crippen LogP contribution in [-0.4, -0.2) is 0 Å². The lowest BCUT2D eigenvalue weighted by Gasteiger charge is -2.42. The molecule has 1 fully saturated rings. The highest BCUT2D eigenvalue weighted by molar-refractivity contribution is 5.90. The molecule has 0 bridgehead atoms. The highest BCUT2D eigenvalue weighted by atomic mass is 14.4. The van der Waals surface area contributed by atoms with Crippen LogP contribution in [0.5, 0.6) is 0 Å². The number of aryl methyl sites for hydroxylation is 4. The number of rotatable bonds is 6. The third-order valence-electron chi connectivity index (χ3n) is 10.3. The quantitative estimate of drug-likeness (QED) is 0.179. The van der Waals surface area contributed by atoms with Crippen LogP contribution in [0.15, 0.2) is 133 Å². The second kappa shape index (κ2) is 12.6. The molecule has 0 aliphatic heterocycles. The number of benzene rings is 6. The van der Waals surface area contributed by atoms with E-state index in [-0.39, 0.29) is 5.41 Å². The van der Waals surface area contributed by atoms with E-state index in [9.17, 15) is 0 Å². The van der Waals surface area contributed by atoms with Crippen LogP contribution in [0.2, 0.25) is 0 Å². The Morgan fingerprint density at radius 2 is 0.674 bits per heavy atom. The zero-order chi connectivity index (χ0) is 31.7. The van der Waals surface area contributed by atoms with Crippen molar-refractivity contribution in [1.29, 1.82) is 0 Å². The maximum Gasteiger partial charge on any atom is 0.0215 e. The SMILES string of the molecule is Cc1ccc(-c2cccc(C3(c4cccc(-c5ccc(C)cc5)c4-c4ccc(C)cc4)CCCCC3)c2-c2ccc(C)cc2)cc1. The molecule has 46 heavy (non-hydrogen) atoms. The number of hydrogen-bond acceptors (Lipinski definition) is 0. The molecular formula is C46H44. The molecule has 0 radical (unpaired) electrons. The molecule has 0 amide bonds. The van der Waals surface area contributed by atoms with Gasteiger partial charge in [-0.1, -0.05) is 175 Å². The minimum absolute atomic E-state index is 0.125. The van der Waals surface area contributed by atoms with Crippen molar-refractivity contribution >= 4 is 0 Å². The van der Waals surface area contributed by atoms with Crippen molar-refractivity contribution in [3.63, 3.8) is 0 Å². The molecule has 0 heteroatoms. The van der Waals surface area contributed by atoms with Gasteiger partial charge in [0.2, 0.25) is 0 Å². The molecular weight excluding hydrogens is 553 g/mol. The van der Waals surface area contributed by atoms with Crippen molar-refractivity contribution in [3.05, 3.63) is 167 Å². The molecule has 228 valence electrons. The van der Waals surface area contributed by atoms with Crippen LogP contribution in [-0.2, 0) is 5.41 Å². The zero-order valence-corrected chi connectivity index (χ0v) is 27.7. The van der Waals surface area contributed by atoms with E-state index in [1.54, 1.807) is 0 Å². The molecule has 0 spiro atoms. The van der Waals surface area contributed by atoms with Crippen LogP contribution >= 0.6 is 0 Å². The monoisotopic (exact) mass is 596 g/mol. The summed E-state index contributed by atoms with van der Waals surface area (Å²) in [6.07, 6.45) is 6.02. The molecule has 0 nitrogen and oxygen atoms in total. The summed E-state index contributed by atoms with van der Waals surface area (Å²) in [6, 6.07) is 50.8. The highest BCUT2D eigenvalue weighted by Crippen LogP contribution is 2.54. The largest absolute Gasteiger partial charge is 0.0613 e. The molecule has 0 aromatic heterocycles. The van der Waals surface area contributed by atoms with Gasteiger partial charge in [-0.3, -0.25) is 0 Å². The van der Waals surface area contributed by atoms with E-state index < -0.39 is 0 Å². The van der Waals surface area contributed by atoms with Crippen LogP contribution in [0.3, 0.4) is 0 Å². The van der Waals surface area contributed by atoms with E-state index in [4.69, 9.17) is 0 Å². The van der Waals surface area contributed by atoms with Gasteiger partial charge in [0.25, 0.3) is 0 Å². The lowest BCUT2D eigenvalue weighted by molar-refractivity contribution is 0.347. The van der Waals surface area contributed by atoms with Gasteiger partial charge in [0.15, 0.2) is 0 Å². The lowest BCUT2D eigenvalue weighted by atomic mass is 9.61. The molecule has 1 aliphatic carbocycles. The van der Waals surface area contributed by atoms with Crippen LogP contribution in [0.4, 0.5) is 0 Å². The predicted molar refractivity (Wildman–Crippen MR) is 197 cm³/mol. The van der Waals surface area contributed by atoms with E-state index in [0.717, 1.165) is 12.8 Å². The third kappa shape index (κ3) is 5.62. The Kier molecular flexibility index (Phi) is 8.22. The Morgan fingerprint density at radius 3 is 1.02 bits per heavy atom. The summed E-state index contributed by atoms with van der Waals surface area (Å²) in [5.41, 5.74) is 18.5. The summed E-state index contributed by atoms with van der Waals surface area (Å²) in [7, 11) is 0. The third-order valence-corrected chi connectivity index (χ3v) is 10.3. The Morgan fingerprint density at radius 1 is 0.348 bits per heavy atom. The average Bonchev–Trinajstić information content (AvgIpc) is 3.09. The first-order chi connectivity index (χ1) is 22.4. The maximum absolute atomic E-state index is 2.45. The van der Waals surface area contributed by atoms with Crippen LogP contribution in [0.1, 0.15) is 65.5 Å². The van der Waals surface area contributed by atoms with Crippen molar-refractivity contribution in [2.45, 2.75) is 65.2 Å². The van der Waals surface area contributed by atoms with E-state index in [1.165, 1.54) is 97.2 Å². The van der Waals surface area contributed by atoms with Gasteiger partial charge in [0, 0.05) is 5.41 Å². The number of hydrogen-bond donors (Lipinski definition) is 0. The highest BCUT2D eigenvalue weighted by Gasteiger charge is 2.40. The summed E-state index contributed by atoms with van der Waals surface area (Å²) in [5.74, 6) is 0. The summed E-state index contributed by atoms with van der Waals surface area (Å²) < 4.78 is 0. The first-order valence-corrected chi connectivity index (χ1v) is 17.0. The molecule has 1 saturated carbocycles. The van der Waals surface area contributed by atoms with E-state index >= 15 is 0 Å². The molecule has 1 aliphatic rings. The first kappa shape index (κ1) is 30.0. The normalized spacial score (nSPS) is 14.3. The standard InChI is InChI=1S/C46H44/c1-32-14-22-36(23-15-32)40-10-8-12-42(44(40)38-26-18-34(3)19-27-38)46(30-6-5-7-31-46)43-13-9-11-41(37-24-16-33(2)17-25-37)45(43)39-28-20-35(4)21-29-39/h8-29H,5-7,30-31H2,1-4H3. The van der Waals surface area contributed by atoms with Gasteiger partial charge in [-0.25, -0.2) is 0 Å². The van der Waals surface area contributed by atoms with Crippen LogP contribution in [0.25, 0.3) is 44.5 Å². The molecule has 0 unspecified atom stereocenters. The van der Waals surface area contributed by atoms with Crippen molar-refractivity contribution < 1.29 is 0 Å². The van der Waals surface area contributed by atoms with Gasteiger partial charge in [-0.15, -0.1) is 0 Å². The molecule has 0 heterocycles. The lowest BCUT2D eigenvalue weighted by Crippen LogP contribution is -2.32. The van der Waals surface area contributed by atoms with Crippen molar-refractivity contribution in [2.75, 3.05) is 0 Å². The molecule has 6 aromatic carbocycles. The van der Waals surface area contributed by atoms with Gasteiger partial charge in [-0.05, 0) is 96.2 Å². The second-order valence-electron chi connectivity index (χ2n) is 13.6. The zero-order valence-electron chi connectivity index (χ0n) is 27.7. The topological polar surface area (TPSA) is 0 Å². The van der Waals surface area contributed by atoms with Gasteiger partial charge >= 0.3 is 0 Å². The molecule has 0 atom stereocenters. The first-order valence-electron chi connectivity index (χ1n) is 17.0. The Balaban J connectivity index is 1.56. The van der Waals surface area contributed by atoms with Gasteiger partial charge in [-0.2, -0.15) is 0 Å². The summed E-state index contributed by atoms with van der Waals surface area (Å²) in [6.45, 7) is 8.71. The van der Waals surface area contributed by atoms with Gasteiger partial charge in [0.05, 0.1) is 0 Å². The molecule has 7 rings (SSSR count). The van der Waals surface area contributed by atoms with Gasteiger partial charge in [0.1, 0.15) is 0 Å². The minimum atomic E-state index is -0.125. The van der Waals surface area contributed by atoms with E-state index in [0.29, 0.717) is 0 Å². The Hall–Kier alpha value is -4.68. The fourth-order valence-corrected chi connectivity index (χ4v) is 7.75. The smallest absolute Gasteiger partial charge is 0.0215 e. The van der Waals surface area contributed by atoms with Crippen LogP contribution in [0, 0.1) is 27.7 Å². The molecule has 0 saturated heterocycles. The fraction of sp³-hybridized carbons (Fsp3) is 0.217. The summed E-state index contributed by atoms with van der Waals surface area (Å²) in [4.78, 5) is 0. The maximum atomic E-state index is 2.45. The molecule has 6 aromatic rings. The average molecular weight is 597 g/mol. The van der Waals surface area contributed by atoms with Gasteiger partial charge < -0.3 is 0 Å². The Labute approximate surface area is 275 Å². The summed E-state index contributed by atoms with van der Waals surface area (Å²) >= 11 is 0. The molecule has 0 N–H and O–H groups in total. The van der Waals surface area contributed by atoms with Crippen molar-refractivity contribution in [1.82, 2.24) is 0 Å². The summed E-state index contributed by atoms with van der Waals surface area (Å²) in [5, 5.41) is 0. The van der Waals surface area contributed by atoms with E-state index in [2.05, 4.69) is 161 Å². The van der Waals surface area contributed by atoms with E-state index in [1.807, 2.05) is 0 Å². The Bertz CT molecular complexity index is 1810.